The lowest BCUT2D eigenvalue weighted by atomic mass is 10.1. The summed E-state index contributed by atoms with van der Waals surface area (Å²) in [4.78, 5) is 11.8. The van der Waals surface area contributed by atoms with Crippen molar-refractivity contribution in [2.24, 2.45) is 0 Å². The zero-order chi connectivity index (χ0) is 13.0. The van der Waals surface area contributed by atoms with E-state index >= 15 is 0 Å². The van der Waals surface area contributed by atoms with Gasteiger partial charge in [0.05, 0.1) is 0 Å². The number of hydrogen-bond acceptors (Lipinski definition) is 2. The lowest BCUT2D eigenvalue weighted by Crippen LogP contribution is -2.11. The van der Waals surface area contributed by atoms with Crippen LogP contribution < -0.4 is 4.74 Å². The largest absolute Gasteiger partial charge is 0.485 e. The summed E-state index contributed by atoms with van der Waals surface area (Å²) in [6, 6.07) is 13.6. The molecule has 0 amide bonds. The molecule has 4 heteroatoms. The van der Waals surface area contributed by atoms with E-state index in [1.165, 1.54) is 0 Å². The van der Waals surface area contributed by atoms with Crippen LogP contribution in [0.25, 0.3) is 0 Å². The van der Waals surface area contributed by atoms with Gasteiger partial charge in [0.15, 0.2) is 12.4 Å². The van der Waals surface area contributed by atoms with Gasteiger partial charge in [-0.25, -0.2) is 0 Å². The second-order valence-corrected chi connectivity index (χ2v) is 4.55. The highest BCUT2D eigenvalue weighted by molar-refractivity contribution is 6.31. The highest BCUT2D eigenvalue weighted by Gasteiger charge is 2.07. The first-order valence-electron chi connectivity index (χ1n) is 5.32. The number of Topliss-reactive ketones (excluding diaryl/α,β-unsaturated/α-hetero) is 1. The van der Waals surface area contributed by atoms with Crippen LogP contribution in [0.2, 0.25) is 10.0 Å². The van der Waals surface area contributed by atoms with Crippen molar-refractivity contribution < 1.29 is 9.53 Å². The number of halogens is 2. The molecule has 92 valence electrons. The minimum absolute atomic E-state index is 0.0258. The van der Waals surface area contributed by atoms with Crippen molar-refractivity contribution in [3.8, 4) is 5.75 Å². The van der Waals surface area contributed by atoms with Gasteiger partial charge in [-0.15, -0.1) is 0 Å². The Morgan fingerprint density at radius 3 is 2.39 bits per heavy atom. The predicted molar refractivity (Wildman–Crippen MR) is 72.7 cm³/mol. The van der Waals surface area contributed by atoms with Crippen LogP contribution in [0.4, 0.5) is 0 Å². The number of benzene rings is 2. The molecule has 0 aromatic heterocycles. The van der Waals surface area contributed by atoms with E-state index in [4.69, 9.17) is 27.9 Å². The summed E-state index contributed by atoms with van der Waals surface area (Å²) in [5, 5.41) is 1.16. The predicted octanol–water partition coefficient (Wildman–Crippen LogP) is 4.26. The molecule has 2 nitrogen and oxygen atoms in total. The first-order valence-corrected chi connectivity index (χ1v) is 6.08. The Hall–Kier alpha value is -1.51. The Balaban J connectivity index is 1.98. The number of carbonyl (C=O) groups excluding carboxylic acids is 1. The molecule has 0 aliphatic heterocycles. The van der Waals surface area contributed by atoms with Gasteiger partial charge in [0.25, 0.3) is 0 Å². The Bertz CT molecular complexity index is 550. The van der Waals surface area contributed by atoms with E-state index in [0.717, 1.165) is 0 Å². The van der Waals surface area contributed by atoms with Gasteiger partial charge in [0, 0.05) is 15.6 Å². The van der Waals surface area contributed by atoms with Crippen LogP contribution in [-0.4, -0.2) is 12.4 Å². The van der Waals surface area contributed by atoms with Gasteiger partial charge in [0.2, 0.25) is 0 Å². The maximum Gasteiger partial charge on any atom is 0.200 e. The van der Waals surface area contributed by atoms with Crippen molar-refractivity contribution in [1.29, 1.82) is 0 Å². The summed E-state index contributed by atoms with van der Waals surface area (Å²) in [5.74, 6) is 0.488. The SMILES string of the molecule is O=C(COc1ccc(Cl)cc1)c1cccc(Cl)c1. The van der Waals surface area contributed by atoms with Crippen molar-refractivity contribution in [3.05, 3.63) is 64.1 Å². The van der Waals surface area contributed by atoms with Gasteiger partial charge >= 0.3 is 0 Å². The molecule has 18 heavy (non-hydrogen) atoms. The maximum atomic E-state index is 11.8. The minimum atomic E-state index is -0.118. The molecule has 0 saturated heterocycles. The van der Waals surface area contributed by atoms with Crippen LogP contribution in [0.3, 0.4) is 0 Å². The molecule has 0 N–H and O–H groups in total. The van der Waals surface area contributed by atoms with Crippen molar-refractivity contribution in [1.82, 2.24) is 0 Å². The third-order valence-corrected chi connectivity index (χ3v) is 2.82. The molecule has 0 unspecified atom stereocenters. The number of carbonyl (C=O) groups is 1. The summed E-state index contributed by atoms with van der Waals surface area (Å²) in [5.41, 5.74) is 0.538. The summed E-state index contributed by atoms with van der Waals surface area (Å²) in [6.45, 7) is -0.0258. The molecule has 0 fully saturated rings. The summed E-state index contributed by atoms with van der Waals surface area (Å²) in [6.07, 6.45) is 0. The number of rotatable bonds is 4. The van der Waals surface area contributed by atoms with E-state index in [-0.39, 0.29) is 12.4 Å². The molecule has 0 aliphatic rings. The molecule has 0 saturated carbocycles. The number of ether oxygens (including phenoxy) is 1. The molecular formula is C14H10Cl2O2. The molecule has 0 heterocycles. The average molecular weight is 281 g/mol. The molecule has 0 spiro atoms. The molecular weight excluding hydrogens is 271 g/mol. The van der Waals surface area contributed by atoms with Crippen molar-refractivity contribution in [2.75, 3.05) is 6.61 Å². The van der Waals surface area contributed by atoms with E-state index in [9.17, 15) is 4.79 Å². The van der Waals surface area contributed by atoms with Crippen molar-refractivity contribution in [3.63, 3.8) is 0 Å². The molecule has 2 aromatic carbocycles. The zero-order valence-corrected chi connectivity index (χ0v) is 10.9. The van der Waals surface area contributed by atoms with Gasteiger partial charge in [-0.2, -0.15) is 0 Å². The fourth-order valence-electron chi connectivity index (χ4n) is 1.42. The van der Waals surface area contributed by atoms with Crippen LogP contribution in [-0.2, 0) is 0 Å². The van der Waals surface area contributed by atoms with Crippen LogP contribution >= 0.6 is 23.2 Å². The summed E-state index contributed by atoms with van der Waals surface area (Å²) in [7, 11) is 0. The molecule has 0 atom stereocenters. The lowest BCUT2D eigenvalue weighted by Gasteiger charge is -2.05. The maximum absolute atomic E-state index is 11.8. The fraction of sp³-hybridized carbons (Fsp3) is 0.0714. The first kappa shape index (κ1) is 12.9. The topological polar surface area (TPSA) is 26.3 Å². The van der Waals surface area contributed by atoms with Crippen molar-refractivity contribution in [2.45, 2.75) is 0 Å². The molecule has 2 rings (SSSR count). The highest BCUT2D eigenvalue weighted by atomic mass is 35.5. The standard InChI is InChI=1S/C14H10Cl2O2/c15-11-4-6-13(7-5-11)18-9-14(17)10-2-1-3-12(16)8-10/h1-8H,9H2. The van der Waals surface area contributed by atoms with E-state index < -0.39 is 0 Å². The van der Waals surface area contributed by atoms with Crippen molar-refractivity contribution >= 4 is 29.0 Å². The molecule has 0 aliphatic carbocycles. The second kappa shape index (κ2) is 5.89. The minimum Gasteiger partial charge on any atom is -0.485 e. The summed E-state index contributed by atoms with van der Waals surface area (Å²) >= 11 is 11.6. The Morgan fingerprint density at radius 2 is 1.72 bits per heavy atom. The van der Waals surface area contributed by atoms with Crippen LogP contribution in [0.15, 0.2) is 48.5 Å². The van der Waals surface area contributed by atoms with Crippen LogP contribution in [0.1, 0.15) is 10.4 Å². The smallest absolute Gasteiger partial charge is 0.200 e. The molecule has 0 radical (unpaired) electrons. The third kappa shape index (κ3) is 3.49. The zero-order valence-electron chi connectivity index (χ0n) is 9.40. The number of ketones is 1. The van der Waals surface area contributed by atoms with Gasteiger partial charge in [-0.05, 0) is 36.4 Å². The summed E-state index contributed by atoms with van der Waals surface area (Å²) < 4.78 is 5.37. The van der Waals surface area contributed by atoms with Gasteiger partial charge in [-0.3, -0.25) is 4.79 Å². The molecule has 2 aromatic rings. The number of hydrogen-bond donors (Lipinski definition) is 0. The highest BCUT2D eigenvalue weighted by Crippen LogP contribution is 2.16. The third-order valence-electron chi connectivity index (χ3n) is 2.33. The van der Waals surface area contributed by atoms with E-state index in [1.807, 2.05) is 0 Å². The fourth-order valence-corrected chi connectivity index (χ4v) is 1.74. The Labute approximate surface area is 115 Å². The normalized spacial score (nSPS) is 10.1. The van der Waals surface area contributed by atoms with Gasteiger partial charge in [0.1, 0.15) is 5.75 Å². The lowest BCUT2D eigenvalue weighted by molar-refractivity contribution is 0.0921. The van der Waals surface area contributed by atoms with E-state index in [2.05, 4.69) is 0 Å². The quantitative estimate of drug-likeness (QED) is 0.783. The average Bonchev–Trinajstić information content (AvgIpc) is 2.38. The van der Waals surface area contributed by atoms with Gasteiger partial charge in [-0.1, -0.05) is 35.3 Å². The monoisotopic (exact) mass is 280 g/mol. The van der Waals surface area contributed by atoms with Crippen LogP contribution in [0.5, 0.6) is 5.75 Å². The Morgan fingerprint density at radius 1 is 1.00 bits per heavy atom. The van der Waals surface area contributed by atoms with E-state index in [0.29, 0.717) is 21.4 Å². The second-order valence-electron chi connectivity index (χ2n) is 3.68. The van der Waals surface area contributed by atoms with E-state index in [1.54, 1.807) is 48.5 Å². The van der Waals surface area contributed by atoms with Gasteiger partial charge < -0.3 is 4.74 Å². The Kier molecular flexibility index (Phi) is 4.24. The van der Waals surface area contributed by atoms with Crippen LogP contribution in [0, 0.1) is 0 Å². The molecule has 0 bridgehead atoms. The first-order chi connectivity index (χ1) is 8.65.